The van der Waals surface area contributed by atoms with Crippen LogP contribution < -0.4 is 5.73 Å². The van der Waals surface area contributed by atoms with Crippen molar-refractivity contribution in [1.82, 2.24) is 4.90 Å². The first-order valence-corrected chi connectivity index (χ1v) is 7.07. The fourth-order valence-corrected chi connectivity index (χ4v) is 2.49. The lowest BCUT2D eigenvalue weighted by Gasteiger charge is -2.34. The van der Waals surface area contributed by atoms with Crippen molar-refractivity contribution >= 4 is 0 Å². The molecule has 0 aliphatic heterocycles. The quantitative estimate of drug-likeness (QED) is 0.819. The minimum atomic E-state index is 0.0976. The van der Waals surface area contributed by atoms with E-state index in [0.717, 1.165) is 19.5 Å². The van der Waals surface area contributed by atoms with Crippen LogP contribution in [-0.4, -0.2) is 24.0 Å². The average molecular weight is 259 g/mol. The summed E-state index contributed by atoms with van der Waals surface area (Å²) < 4.78 is 0. The predicted octanol–water partition coefficient (Wildman–Crippen LogP) is 3.01. The Morgan fingerprint density at radius 1 is 1.37 bits per heavy atom. The highest BCUT2D eigenvalue weighted by atomic mass is 15.2. The lowest BCUT2D eigenvalue weighted by molar-refractivity contribution is 0.181. The summed E-state index contributed by atoms with van der Waals surface area (Å²) in [5, 5.41) is 8.80. The van der Waals surface area contributed by atoms with Gasteiger partial charge in [-0.15, -0.1) is 0 Å². The van der Waals surface area contributed by atoms with Gasteiger partial charge in [0.1, 0.15) is 0 Å². The van der Waals surface area contributed by atoms with E-state index in [9.17, 15) is 0 Å². The molecule has 1 rings (SSSR count). The number of rotatable bonds is 7. The van der Waals surface area contributed by atoms with Crippen molar-refractivity contribution in [2.45, 2.75) is 45.7 Å². The summed E-state index contributed by atoms with van der Waals surface area (Å²) in [5.41, 5.74) is 8.83. The molecule has 2 atom stereocenters. The van der Waals surface area contributed by atoms with Crippen molar-refractivity contribution in [3.05, 3.63) is 35.4 Å². The van der Waals surface area contributed by atoms with E-state index in [-0.39, 0.29) is 12.1 Å². The van der Waals surface area contributed by atoms with Gasteiger partial charge in [-0.1, -0.05) is 43.7 Å². The van der Waals surface area contributed by atoms with Gasteiger partial charge in [0, 0.05) is 25.0 Å². The molecule has 0 saturated carbocycles. The molecule has 2 N–H and O–H groups in total. The van der Waals surface area contributed by atoms with Gasteiger partial charge in [0.05, 0.1) is 6.07 Å². The molecular formula is C16H25N3. The van der Waals surface area contributed by atoms with E-state index < -0.39 is 0 Å². The maximum atomic E-state index is 8.80. The molecule has 0 saturated heterocycles. The molecule has 1 aromatic rings. The highest BCUT2D eigenvalue weighted by molar-refractivity contribution is 5.26. The molecule has 0 spiro atoms. The summed E-state index contributed by atoms with van der Waals surface area (Å²) >= 11 is 0. The van der Waals surface area contributed by atoms with Crippen LogP contribution in [-0.2, 0) is 0 Å². The van der Waals surface area contributed by atoms with Crippen LogP contribution in [0, 0.1) is 18.3 Å². The van der Waals surface area contributed by atoms with Gasteiger partial charge in [-0.05, 0) is 25.5 Å². The molecule has 0 aromatic heterocycles. The summed E-state index contributed by atoms with van der Waals surface area (Å²) in [5.74, 6) is 0. The minimum Gasteiger partial charge on any atom is -0.326 e. The monoisotopic (exact) mass is 259 g/mol. The number of nitriles is 1. The zero-order valence-electron chi connectivity index (χ0n) is 12.3. The first-order valence-electron chi connectivity index (χ1n) is 7.07. The Kier molecular flexibility index (Phi) is 6.55. The van der Waals surface area contributed by atoms with Gasteiger partial charge in [-0.2, -0.15) is 5.26 Å². The van der Waals surface area contributed by atoms with Crippen molar-refractivity contribution < 1.29 is 0 Å². The molecule has 0 amide bonds. The summed E-state index contributed by atoms with van der Waals surface area (Å²) in [6.07, 6.45) is 1.48. The third-order valence-corrected chi connectivity index (χ3v) is 3.57. The van der Waals surface area contributed by atoms with Crippen LogP contribution >= 0.6 is 0 Å². The number of nitrogens with two attached hydrogens (primary N) is 1. The molecule has 104 valence electrons. The van der Waals surface area contributed by atoms with Crippen molar-refractivity contribution in [1.29, 1.82) is 5.26 Å². The molecule has 2 unspecified atom stereocenters. The van der Waals surface area contributed by atoms with Gasteiger partial charge in [-0.25, -0.2) is 0 Å². The van der Waals surface area contributed by atoms with Gasteiger partial charge in [0.25, 0.3) is 0 Å². The highest BCUT2D eigenvalue weighted by Crippen LogP contribution is 2.25. The minimum absolute atomic E-state index is 0.0976. The number of hydrogen-bond donors (Lipinski definition) is 1. The van der Waals surface area contributed by atoms with E-state index in [0.29, 0.717) is 6.42 Å². The molecule has 3 heteroatoms. The lowest BCUT2D eigenvalue weighted by Crippen LogP contribution is -2.41. The van der Waals surface area contributed by atoms with Crippen molar-refractivity contribution in [2.75, 3.05) is 13.1 Å². The molecule has 0 bridgehead atoms. The summed E-state index contributed by atoms with van der Waals surface area (Å²) in [6.45, 7) is 8.03. The van der Waals surface area contributed by atoms with Crippen LogP contribution in [0.2, 0.25) is 0 Å². The molecule has 0 radical (unpaired) electrons. The highest BCUT2D eigenvalue weighted by Gasteiger charge is 2.24. The van der Waals surface area contributed by atoms with Crippen LogP contribution in [0.1, 0.15) is 43.9 Å². The second-order valence-electron chi connectivity index (χ2n) is 4.97. The summed E-state index contributed by atoms with van der Waals surface area (Å²) in [6, 6.07) is 11.0. The number of aryl methyl sites for hydroxylation is 1. The van der Waals surface area contributed by atoms with E-state index in [2.05, 4.69) is 56.0 Å². The Morgan fingerprint density at radius 3 is 2.63 bits per heavy atom. The Balaban J connectivity index is 3.02. The number of benzene rings is 1. The zero-order valence-corrected chi connectivity index (χ0v) is 12.3. The lowest BCUT2D eigenvalue weighted by atomic mass is 9.95. The number of likely N-dealkylation sites (N-methyl/N-ethyl adjacent to an activating group) is 1. The molecule has 3 nitrogen and oxygen atoms in total. The first-order chi connectivity index (χ1) is 9.13. The fourth-order valence-electron chi connectivity index (χ4n) is 2.49. The third kappa shape index (κ3) is 4.34. The van der Waals surface area contributed by atoms with E-state index >= 15 is 0 Å². The molecule has 0 fully saturated rings. The van der Waals surface area contributed by atoms with E-state index in [4.69, 9.17) is 11.0 Å². The smallest absolute Gasteiger partial charge is 0.0635 e. The van der Waals surface area contributed by atoms with E-state index in [1.165, 1.54) is 11.1 Å². The summed E-state index contributed by atoms with van der Waals surface area (Å²) in [4.78, 5) is 2.31. The molecular weight excluding hydrogens is 234 g/mol. The molecule has 19 heavy (non-hydrogen) atoms. The second kappa shape index (κ2) is 7.93. The zero-order chi connectivity index (χ0) is 14.3. The Bertz CT molecular complexity index is 422. The SMILES string of the molecule is CCC(N)C(c1cccc(C)c1)N(CC)CCC#N. The largest absolute Gasteiger partial charge is 0.326 e. The van der Waals surface area contributed by atoms with E-state index in [1.54, 1.807) is 0 Å². The van der Waals surface area contributed by atoms with Crippen LogP contribution in [0.4, 0.5) is 0 Å². The van der Waals surface area contributed by atoms with Crippen LogP contribution in [0.3, 0.4) is 0 Å². The molecule has 0 aliphatic carbocycles. The Labute approximate surface area is 117 Å². The van der Waals surface area contributed by atoms with Crippen LogP contribution in [0.5, 0.6) is 0 Å². The van der Waals surface area contributed by atoms with Gasteiger partial charge in [0.15, 0.2) is 0 Å². The number of nitrogens with zero attached hydrogens (tertiary/aromatic N) is 2. The van der Waals surface area contributed by atoms with Crippen molar-refractivity contribution in [2.24, 2.45) is 5.73 Å². The fraction of sp³-hybridized carbons (Fsp3) is 0.562. The Morgan fingerprint density at radius 2 is 2.11 bits per heavy atom. The second-order valence-corrected chi connectivity index (χ2v) is 4.97. The summed E-state index contributed by atoms with van der Waals surface area (Å²) in [7, 11) is 0. The van der Waals surface area contributed by atoms with Gasteiger partial charge in [-0.3, -0.25) is 4.90 Å². The predicted molar refractivity (Wildman–Crippen MR) is 79.7 cm³/mol. The molecule has 0 heterocycles. The van der Waals surface area contributed by atoms with Crippen LogP contribution in [0.15, 0.2) is 24.3 Å². The molecule has 0 aliphatic rings. The standard InChI is InChI=1S/C16H25N3/c1-4-15(18)16(19(5-2)11-7-10-17)14-9-6-8-13(3)12-14/h6,8-9,12,15-16H,4-5,7,11,18H2,1-3H3. The first kappa shape index (κ1) is 15.7. The van der Waals surface area contributed by atoms with Crippen molar-refractivity contribution in [3.8, 4) is 6.07 Å². The van der Waals surface area contributed by atoms with Gasteiger partial charge in [0.2, 0.25) is 0 Å². The molecule has 1 aromatic carbocycles. The average Bonchev–Trinajstić information content (AvgIpc) is 2.42. The normalized spacial score (nSPS) is 14.1. The van der Waals surface area contributed by atoms with Gasteiger partial charge < -0.3 is 5.73 Å². The maximum absolute atomic E-state index is 8.80. The van der Waals surface area contributed by atoms with E-state index in [1.807, 2.05) is 0 Å². The van der Waals surface area contributed by atoms with Crippen molar-refractivity contribution in [3.63, 3.8) is 0 Å². The topological polar surface area (TPSA) is 53.0 Å². The van der Waals surface area contributed by atoms with Gasteiger partial charge >= 0.3 is 0 Å². The Hall–Kier alpha value is -1.37. The maximum Gasteiger partial charge on any atom is 0.0635 e. The number of hydrogen-bond acceptors (Lipinski definition) is 3. The van der Waals surface area contributed by atoms with Crippen LogP contribution in [0.25, 0.3) is 0 Å². The third-order valence-electron chi connectivity index (χ3n) is 3.57.